The summed E-state index contributed by atoms with van der Waals surface area (Å²) in [6.45, 7) is 0. The molecule has 4 N–H and O–H groups in total. The van der Waals surface area contributed by atoms with Gasteiger partial charge in [-0.1, -0.05) is 30.3 Å². The van der Waals surface area contributed by atoms with Crippen molar-refractivity contribution in [1.29, 1.82) is 5.26 Å². The van der Waals surface area contributed by atoms with Crippen LogP contribution >= 0.6 is 11.8 Å². The first-order valence-corrected chi connectivity index (χ1v) is 5.04. The zero-order valence-electron chi connectivity index (χ0n) is 7.60. The van der Waals surface area contributed by atoms with Crippen molar-refractivity contribution in [2.75, 3.05) is 0 Å². The lowest BCUT2D eigenvalue weighted by Gasteiger charge is -2.01. The van der Waals surface area contributed by atoms with Crippen LogP contribution in [0.4, 0.5) is 0 Å². The lowest BCUT2D eigenvalue weighted by Crippen LogP contribution is -2.05. The number of nitrogens with two attached hydrogens (primary N) is 2. The van der Waals surface area contributed by atoms with Crippen molar-refractivity contribution in [3.05, 3.63) is 46.6 Å². The van der Waals surface area contributed by atoms with E-state index >= 15 is 0 Å². The quantitative estimate of drug-likeness (QED) is 0.734. The van der Waals surface area contributed by atoms with Crippen molar-refractivity contribution >= 4 is 11.8 Å². The smallest absolute Gasteiger partial charge is 0.140 e. The molecule has 72 valence electrons. The van der Waals surface area contributed by atoms with E-state index in [1.165, 1.54) is 11.8 Å². The molecule has 0 fully saturated rings. The van der Waals surface area contributed by atoms with Crippen LogP contribution in [0.5, 0.6) is 0 Å². The van der Waals surface area contributed by atoms with Crippen molar-refractivity contribution in [3.63, 3.8) is 0 Å². The molecule has 0 saturated carbocycles. The van der Waals surface area contributed by atoms with Gasteiger partial charge in [0.15, 0.2) is 0 Å². The minimum absolute atomic E-state index is 0.0888. The Morgan fingerprint density at radius 1 is 1.29 bits per heavy atom. The maximum absolute atomic E-state index is 8.48. The maximum Gasteiger partial charge on any atom is 0.140 e. The van der Waals surface area contributed by atoms with E-state index in [2.05, 4.69) is 0 Å². The number of allylic oxidation sites excluding steroid dienone is 1. The molecule has 0 radical (unpaired) electrons. The largest absolute Gasteiger partial charge is 0.391 e. The van der Waals surface area contributed by atoms with Gasteiger partial charge in [-0.25, -0.2) is 0 Å². The minimum Gasteiger partial charge on any atom is -0.391 e. The lowest BCUT2D eigenvalue weighted by molar-refractivity contribution is 1.32. The molecular weight excluding hydrogens is 194 g/mol. The highest BCUT2D eigenvalue weighted by Crippen LogP contribution is 2.17. The molecule has 0 aliphatic rings. The van der Waals surface area contributed by atoms with Crippen LogP contribution in [0.1, 0.15) is 5.56 Å². The van der Waals surface area contributed by atoms with E-state index in [1.807, 2.05) is 36.4 Å². The molecule has 0 aliphatic heterocycles. The van der Waals surface area contributed by atoms with Crippen molar-refractivity contribution in [2.45, 2.75) is 5.75 Å². The number of rotatable bonds is 3. The van der Waals surface area contributed by atoms with Crippen molar-refractivity contribution in [1.82, 2.24) is 0 Å². The zero-order chi connectivity index (χ0) is 10.4. The van der Waals surface area contributed by atoms with Crippen molar-refractivity contribution in [2.24, 2.45) is 11.5 Å². The Labute approximate surface area is 87.4 Å². The summed E-state index contributed by atoms with van der Waals surface area (Å²) in [5.74, 6) is 0.731. The highest BCUT2D eigenvalue weighted by Gasteiger charge is 1.99. The molecule has 3 nitrogen and oxygen atoms in total. The first-order chi connectivity index (χ1) is 6.74. The third kappa shape index (κ3) is 3.04. The lowest BCUT2D eigenvalue weighted by atomic mass is 10.2. The number of nitriles is 1. The monoisotopic (exact) mass is 205 g/mol. The molecule has 0 aliphatic carbocycles. The molecule has 14 heavy (non-hydrogen) atoms. The molecule has 0 bridgehead atoms. The fourth-order valence-corrected chi connectivity index (χ4v) is 1.58. The molecule has 1 aromatic rings. The maximum atomic E-state index is 8.48. The van der Waals surface area contributed by atoms with Crippen molar-refractivity contribution in [3.8, 4) is 6.07 Å². The van der Waals surface area contributed by atoms with Gasteiger partial charge in [0.25, 0.3) is 0 Å². The first kappa shape index (κ1) is 10.5. The summed E-state index contributed by atoms with van der Waals surface area (Å²) in [6, 6.07) is 11.7. The molecule has 0 heterocycles. The second-order valence-electron chi connectivity index (χ2n) is 2.66. The van der Waals surface area contributed by atoms with Crippen LogP contribution in [0.25, 0.3) is 0 Å². The molecule has 0 unspecified atom stereocenters. The Kier molecular flexibility index (Phi) is 3.89. The van der Waals surface area contributed by atoms with Gasteiger partial charge in [0.1, 0.15) is 16.8 Å². The SMILES string of the molecule is N#C/C(N)=C(\N)SCc1ccccc1. The summed E-state index contributed by atoms with van der Waals surface area (Å²) in [7, 11) is 0. The average molecular weight is 205 g/mol. The summed E-state index contributed by atoms with van der Waals surface area (Å²) >= 11 is 1.37. The number of nitrogens with zero attached hydrogens (tertiary/aromatic N) is 1. The number of hydrogen-bond donors (Lipinski definition) is 2. The van der Waals surface area contributed by atoms with E-state index in [-0.39, 0.29) is 5.70 Å². The van der Waals surface area contributed by atoms with Crippen LogP contribution in [-0.4, -0.2) is 0 Å². The normalized spacial score (nSPS) is 11.6. The van der Waals surface area contributed by atoms with Gasteiger partial charge in [0.2, 0.25) is 0 Å². The van der Waals surface area contributed by atoms with Crippen LogP contribution in [0.2, 0.25) is 0 Å². The van der Waals surface area contributed by atoms with E-state index in [9.17, 15) is 0 Å². The first-order valence-electron chi connectivity index (χ1n) is 4.06. The molecule has 4 heteroatoms. The zero-order valence-corrected chi connectivity index (χ0v) is 8.42. The average Bonchev–Trinajstić information content (AvgIpc) is 2.26. The molecule has 0 aromatic heterocycles. The topological polar surface area (TPSA) is 75.8 Å². The Bertz CT molecular complexity index is 365. The third-order valence-corrected chi connectivity index (χ3v) is 2.63. The summed E-state index contributed by atoms with van der Waals surface area (Å²) < 4.78 is 0. The Morgan fingerprint density at radius 2 is 1.93 bits per heavy atom. The standard InChI is InChI=1S/C10H11N3S/c11-6-9(12)10(13)14-7-8-4-2-1-3-5-8/h1-5H,7,12-13H2/b10-9-. The van der Waals surface area contributed by atoms with Crippen LogP contribution in [0, 0.1) is 11.3 Å². The summed E-state index contributed by atoms with van der Waals surface area (Å²) in [5.41, 5.74) is 12.2. The van der Waals surface area contributed by atoms with Gasteiger partial charge < -0.3 is 11.5 Å². The fraction of sp³-hybridized carbons (Fsp3) is 0.100. The van der Waals surface area contributed by atoms with Gasteiger partial charge >= 0.3 is 0 Å². The Balaban J connectivity index is 2.55. The van der Waals surface area contributed by atoms with E-state index in [0.717, 1.165) is 11.3 Å². The van der Waals surface area contributed by atoms with E-state index < -0.39 is 0 Å². The summed E-state index contributed by atoms with van der Waals surface area (Å²) in [4.78, 5) is 0. The molecular formula is C10H11N3S. The van der Waals surface area contributed by atoms with Gasteiger partial charge in [-0.2, -0.15) is 5.26 Å². The predicted molar refractivity (Wildman–Crippen MR) is 58.8 cm³/mol. The van der Waals surface area contributed by atoms with Crippen molar-refractivity contribution < 1.29 is 0 Å². The Morgan fingerprint density at radius 3 is 2.50 bits per heavy atom. The molecule has 0 spiro atoms. The van der Waals surface area contributed by atoms with Crippen LogP contribution < -0.4 is 11.5 Å². The van der Waals surface area contributed by atoms with Gasteiger partial charge in [-0.3, -0.25) is 0 Å². The second-order valence-corrected chi connectivity index (χ2v) is 3.68. The van der Waals surface area contributed by atoms with E-state index in [4.69, 9.17) is 16.7 Å². The predicted octanol–water partition coefficient (Wildman–Crippen LogP) is 1.53. The summed E-state index contributed by atoms with van der Waals surface area (Å²) in [5, 5.41) is 8.86. The molecule has 0 saturated heterocycles. The summed E-state index contributed by atoms with van der Waals surface area (Å²) in [6.07, 6.45) is 0. The highest BCUT2D eigenvalue weighted by molar-refractivity contribution is 8.02. The van der Waals surface area contributed by atoms with Gasteiger partial charge in [-0.05, 0) is 5.56 Å². The second kappa shape index (κ2) is 5.20. The van der Waals surface area contributed by atoms with E-state index in [1.54, 1.807) is 0 Å². The number of thioether (sulfide) groups is 1. The van der Waals surface area contributed by atoms with Gasteiger partial charge in [0.05, 0.1) is 0 Å². The molecule has 1 rings (SSSR count). The van der Waals surface area contributed by atoms with Crippen LogP contribution in [-0.2, 0) is 5.75 Å². The highest BCUT2D eigenvalue weighted by atomic mass is 32.2. The molecule has 1 aromatic carbocycles. The third-order valence-electron chi connectivity index (χ3n) is 1.62. The van der Waals surface area contributed by atoms with Crippen LogP contribution in [0.15, 0.2) is 41.1 Å². The molecule has 0 amide bonds. The van der Waals surface area contributed by atoms with Crippen LogP contribution in [0.3, 0.4) is 0 Å². The van der Waals surface area contributed by atoms with Gasteiger partial charge in [-0.15, -0.1) is 11.8 Å². The Hall–Kier alpha value is -1.60. The number of benzene rings is 1. The molecule has 0 atom stereocenters. The number of hydrogen-bond acceptors (Lipinski definition) is 4. The van der Waals surface area contributed by atoms with Gasteiger partial charge in [0, 0.05) is 5.75 Å². The van der Waals surface area contributed by atoms with E-state index in [0.29, 0.717) is 5.03 Å². The fourth-order valence-electron chi connectivity index (χ4n) is 0.868. The minimum atomic E-state index is 0.0888.